The van der Waals surface area contributed by atoms with E-state index in [1.54, 1.807) is 0 Å². The third kappa shape index (κ3) is 4.64. The summed E-state index contributed by atoms with van der Waals surface area (Å²) in [5.41, 5.74) is 12.7. The van der Waals surface area contributed by atoms with Crippen molar-refractivity contribution in [1.82, 2.24) is 9.97 Å². The standard InChI is InChI=1S/C49H34N2/c1-49(2)43-23-13-12-21-38(43)42-29-34(25-27-44(42)49)36-19-10-11-22-39(36)46-30-45(32-15-4-3-5-16-32)50-48(51-46)47-37-20-9-7-17-33(37)28-41-35-18-8-6-14-31(35)24-26-40(41)47/h3-30H,1-2H3. The molecular formula is C49H34N2. The molecule has 1 aliphatic rings. The van der Waals surface area contributed by atoms with E-state index in [1.807, 2.05) is 0 Å². The van der Waals surface area contributed by atoms with Crippen LogP contribution < -0.4 is 0 Å². The molecule has 0 fully saturated rings. The van der Waals surface area contributed by atoms with Crippen LogP contribution in [0.15, 0.2) is 170 Å². The highest BCUT2D eigenvalue weighted by Crippen LogP contribution is 2.50. The van der Waals surface area contributed by atoms with E-state index >= 15 is 0 Å². The fourth-order valence-corrected chi connectivity index (χ4v) is 8.36. The van der Waals surface area contributed by atoms with Crippen molar-refractivity contribution in [3.05, 3.63) is 181 Å². The van der Waals surface area contributed by atoms with Crippen LogP contribution >= 0.6 is 0 Å². The van der Waals surface area contributed by atoms with Crippen LogP contribution in [-0.4, -0.2) is 9.97 Å². The molecule has 1 heterocycles. The van der Waals surface area contributed by atoms with E-state index < -0.39 is 0 Å². The number of aromatic nitrogens is 2. The molecule has 0 aliphatic heterocycles. The van der Waals surface area contributed by atoms with E-state index in [2.05, 4.69) is 184 Å². The molecule has 8 aromatic carbocycles. The zero-order chi connectivity index (χ0) is 34.1. The van der Waals surface area contributed by atoms with Crippen molar-refractivity contribution < 1.29 is 0 Å². The highest BCUT2D eigenvalue weighted by atomic mass is 14.9. The lowest BCUT2D eigenvalue weighted by atomic mass is 9.82. The van der Waals surface area contributed by atoms with Gasteiger partial charge < -0.3 is 0 Å². The largest absolute Gasteiger partial charge is 0.228 e. The highest BCUT2D eigenvalue weighted by Gasteiger charge is 2.35. The predicted octanol–water partition coefficient (Wildman–Crippen LogP) is 12.9. The van der Waals surface area contributed by atoms with Crippen LogP contribution in [0, 0.1) is 0 Å². The maximum Gasteiger partial charge on any atom is 0.161 e. The summed E-state index contributed by atoms with van der Waals surface area (Å²) in [6.07, 6.45) is 0. The van der Waals surface area contributed by atoms with E-state index in [1.165, 1.54) is 49.4 Å². The molecule has 0 N–H and O–H groups in total. The summed E-state index contributed by atoms with van der Waals surface area (Å²) in [7, 11) is 0. The minimum Gasteiger partial charge on any atom is -0.228 e. The molecule has 0 atom stereocenters. The molecule has 51 heavy (non-hydrogen) atoms. The second-order valence-electron chi connectivity index (χ2n) is 14.2. The molecule has 1 aliphatic carbocycles. The first kappa shape index (κ1) is 29.5. The molecule has 240 valence electrons. The molecule has 0 amide bonds. The van der Waals surface area contributed by atoms with Crippen molar-refractivity contribution in [3.8, 4) is 56.2 Å². The number of hydrogen-bond acceptors (Lipinski definition) is 2. The van der Waals surface area contributed by atoms with Crippen molar-refractivity contribution in [2.75, 3.05) is 0 Å². The zero-order valence-electron chi connectivity index (χ0n) is 28.6. The van der Waals surface area contributed by atoms with Gasteiger partial charge in [-0.1, -0.05) is 166 Å². The summed E-state index contributed by atoms with van der Waals surface area (Å²) in [5.74, 6) is 0.725. The molecule has 0 saturated heterocycles. The average molecular weight is 651 g/mol. The highest BCUT2D eigenvalue weighted by molar-refractivity contribution is 6.19. The average Bonchev–Trinajstić information content (AvgIpc) is 3.42. The van der Waals surface area contributed by atoms with Crippen molar-refractivity contribution in [3.63, 3.8) is 0 Å². The third-order valence-corrected chi connectivity index (χ3v) is 10.9. The molecule has 2 heteroatoms. The molecule has 0 unspecified atom stereocenters. The van der Waals surface area contributed by atoms with Crippen molar-refractivity contribution in [2.24, 2.45) is 0 Å². The number of nitrogens with zero attached hydrogens (tertiary/aromatic N) is 2. The molecule has 1 aromatic heterocycles. The normalized spacial score (nSPS) is 13.1. The van der Waals surface area contributed by atoms with Gasteiger partial charge in [-0.25, -0.2) is 9.97 Å². The molecule has 0 bridgehead atoms. The lowest BCUT2D eigenvalue weighted by Crippen LogP contribution is -2.14. The van der Waals surface area contributed by atoms with Gasteiger partial charge in [-0.3, -0.25) is 0 Å². The Morgan fingerprint density at radius 2 is 1.02 bits per heavy atom. The van der Waals surface area contributed by atoms with E-state index in [-0.39, 0.29) is 5.41 Å². The third-order valence-electron chi connectivity index (χ3n) is 10.9. The SMILES string of the molecule is CC1(C)c2ccccc2-c2cc(-c3ccccc3-c3cc(-c4ccccc4)nc(-c4c5ccccc5cc5c4ccc4ccccc45)n3)ccc21. The molecule has 0 spiro atoms. The van der Waals surface area contributed by atoms with Crippen LogP contribution in [0.3, 0.4) is 0 Å². The lowest BCUT2D eigenvalue weighted by Gasteiger charge is -2.21. The molecule has 0 radical (unpaired) electrons. The Balaban J connectivity index is 1.24. The first-order valence-corrected chi connectivity index (χ1v) is 17.7. The number of rotatable bonds is 4. The fourth-order valence-electron chi connectivity index (χ4n) is 8.36. The lowest BCUT2D eigenvalue weighted by molar-refractivity contribution is 0.660. The van der Waals surface area contributed by atoms with Gasteiger partial charge in [0.15, 0.2) is 5.82 Å². The van der Waals surface area contributed by atoms with Crippen LogP contribution in [0.25, 0.3) is 88.5 Å². The Morgan fingerprint density at radius 3 is 1.86 bits per heavy atom. The van der Waals surface area contributed by atoms with Crippen LogP contribution in [0.2, 0.25) is 0 Å². The monoisotopic (exact) mass is 650 g/mol. The summed E-state index contributed by atoms with van der Waals surface area (Å²) in [6, 6.07) is 61.2. The minimum absolute atomic E-state index is 0.0390. The topological polar surface area (TPSA) is 25.8 Å². The van der Waals surface area contributed by atoms with E-state index in [9.17, 15) is 0 Å². The van der Waals surface area contributed by atoms with E-state index in [0.717, 1.165) is 50.2 Å². The van der Waals surface area contributed by atoms with Gasteiger partial charge in [0.1, 0.15) is 0 Å². The van der Waals surface area contributed by atoms with Crippen LogP contribution in [0.1, 0.15) is 25.0 Å². The van der Waals surface area contributed by atoms with Gasteiger partial charge in [0.2, 0.25) is 0 Å². The first-order chi connectivity index (χ1) is 25.0. The number of hydrogen-bond donors (Lipinski definition) is 0. The summed E-state index contributed by atoms with van der Waals surface area (Å²) in [5, 5.41) is 7.13. The summed E-state index contributed by atoms with van der Waals surface area (Å²) in [4.78, 5) is 10.8. The van der Waals surface area contributed by atoms with Crippen molar-refractivity contribution in [2.45, 2.75) is 19.3 Å². The van der Waals surface area contributed by atoms with Gasteiger partial charge in [-0.2, -0.15) is 0 Å². The molecule has 10 rings (SSSR count). The van der Waals surface area contributed by atoms with Crippen molar-refractivity contribution in [1.29, 1.82) is 0 Å². The van der Waals surface area contributed by atoms with Gasteiger partial charge >= 0.3 is 0 Å². The Morgan fingerprint density at radius 1 is 0.373 bits per heavy atom. The number of benzene rings is 8. The van der Waals surface area contributed by atoms with Crippen LogP contribution in [-0.2, 0) is 5.41 Å². The van der Waals surface area contributed by atoms with Gasteiger partial charge in [-0.05, 0) is 83.9 Å². The smallest absolute Gasteiger partial charge is 0.161 e. The second-order valence-corrected chi connectivity index (χ2v) is 14.2. The van der Waals surface area contributed by atoms with E-state index in [4.69, 9.17) is 9.97 Å². The molecular weight excluding hydrogens is 617 g/mol. The van der Waals surface area contributed by atoms with E-state index in [0.29, 0.717) is 0 Å². The molecule has 9 aromatic rings. The summed E-state index contributed by atoms with van der Waals surface area (Å²) in [6.45, 7) is 4.66. The first-order valence-electron chi connectivity index (χ1n) is 17.7. The zero-order valence-corrected chi connectivity index (χ0v) is 28.6. The predicted molar refractivity (Wildman–Crippen MR) is 214 cm³/mol. The van der Waals surface area contributed by atoms with Gasteiger partial charge in [-0.15, -0.1) is 0 Å². The van der Waals surface area contributed by atoms with Crippen LogP contribution in [0.5, 0.6) is 0 Å². The van der Waals surface area contributed by atoms with Crippen LogP contribution in [0.4, 0.5) is 0 Å². The maximum atomic E-state index is 5.49. The molecule has 0 saturated carbocycles. The summed E-state index contributed by atoms with van der Waals surface area (Å²) >= 11 is 0. The van der Waals surface area contributed by atoms with Gasteiger partial charge in [0, 0.05) is 22.1 Å². The Hall–Kier alpha value is -6.38. The van der Waals surface area contributed by atoms with Gasteiger partial charge in [0.25, 0.3) is 0 Å². The fraction of sp³-hybridized carbons (Fsp3) is 0.0612. The second kappa shape index (κ2) is 11.3. The summed E-state index contributed by atoms with van der Waals surface area (Å²) < 4.78 is 0. The quantitative estimate of drug-likeness (QED) is 0.140. The van der Waals surface area contributed by atoms with Crippen molar-refractivity contribution >= 4 is 32.3 Å². The molecule has 2 nitrogen and oxygen atoms in total. The number of fused-ring (bicyclic) bond motifs is 7. The minimum atomic E-state index is -0.0390. The Kier molecular flexibility index (Phi) is 6.56. The maximum absolute atomic E-state index is 5.49. The Bertz CT molecular complexity index is 2830. The van der Waals surface area contributed by atoms with Gasteiger partial charge in [0.05, 0.1) is 11.4 Å². The Labute approximate surface area is 297 Å².